The number of hydrogen-bond acceptors (Lipinski definition) is 3. The summed E-state index contributed by atoms with van der Waals surface area (Å²) >= 11 is 0. The molecule has 2 N–H and O–H groups in total. The van der Waals surface area contributed by atoms with Crippen LogP contribution in [0.3, 0.4) is 0 Å². The Labute approximate surface area is 120 Å². The molecule has 0 saturated heterocycles. The van der Waals surface area contributed by atoms with E-state index >= 15 is 0 Å². The van der Waals surface area contributed by atoms with Crippen LogP contribution in [0.1, 0.15) is 45.4 Å². The minimum atomic E-state index is -0.658. The first-order valence-electron chi connectivity index (χ1n) is 7.84. The molecule has 5 heteroatoms. The van der Waals surface area contributed by atoms with E-state index in [4.69, 9.17) is 5.11 Å². The van der Waals surface area contributed by atoms with Crippen LogP contribution in [-0.4, -0.2) is 47.6 Å². The van der Waals surface area contributed by atoms with Gasteiger partial charge in [0.25, 0.3) is 0 Å². The fourth-order valence-corrected chi connectivity index (χ4v) is 3.12. The number of nitrogens with zero attached hydrogens (tertiary/aromatic N) is 1. The molecular formula is C15H26N2O3. The van der Waals surface area contributed by atoms with E-state index in [2.05, 4.69) is 5.32 Å². The number of carboxylic acid groups (broad SMARTS) is 1. The van der Waals surface area contributed by atoms with Crippen molar-refractivity contribution in [2.45, 2.75) is 51.5 Å². The first-order valence-corrected chi connectivity index (χ1v) is 7.84. The summed E-state index contributed by atoms with van der Waals surface area (Å²) < 4.78 is 0. The average molecular weight is 282 g/mol. The van der Waals surface area contributed by atoms with Crippen molar-refractivity contribution < 1.29 is 14.7 Å². The van der Waals surface area contributed by atoms with E-state index in [1.54, 1.807) is 0 Å². The van der Waals surface area contributed by atoms with Gasteiger partial charge in [-0.15, -0.1) is 0 Å². The van der Waals surface area contributed by atoms with Crippen LogP contribution in [0.15, 0.2) is 0 Å². The first-order chi connectivity index (χ1) is 9.61. The molecule has 2 rings (SSSR count). The number of carbonyl (C=O) groups excluding carboxylic acids is 1. The maximum atomic E-state index is 12.0. The van der Waals surface area contributed by atoms with Crippen molar-refractivity contribution in [3.63, 3.8) is 0 Å². The third-order valence-corrected chi connectivity index (χ3v) is 4.55. The van der Waals surface area contributed by atoms with Gasteiger partial charge in [0.15, 0.2) is 0 Å². The number of likely N-dealkylation sites (N-methyl/N-ethyl adjacent to an activating group) is 1. The summed E-state index contributed by atoms with van der Waals surface area (Å²) in [6.07, 6.45) is 5.77. The summed E-state index contributed by atoms with van der Waals surface area (Å²) in [7, 11) is 0. The second kappa shape index (κ2) is 7.07. The Morgan fingerprint density at radius 3 is 2.30 bits per heavy atom. The summed E-state index contributed by atoms with van der Waals surface area (Å²) in [5, 5.41) is 12.2. The molecule has 0 atom stereocenters. The molecule has 0 heterocycles. The predicted molar refractivity (Wildman–Crippen MR) is 76.4 cm³/mol. The lowest BCUT2D eigenvalue weighted by Gasteiger charge is -2.27. The molecule has 114 valence electrons. The summed E-state index contributed by atoms with van der Waals surface area (Å²) in [5.74, 6) is -0.0865. The van der Waals surface area contributed by atoms with Gasteiger partial charge in [-0.05, 0) is 57.9 Å². The molecule has 0 unspecified atom stereocenters. The normalized spacial score (nSPS) is 26.2. The van der Waals surface area contributed by atoms with Crippen molar-refractivity contribution >= 4 is 11.9 Å². The molecule has 2 fully saturated rings. The number of amides is 1. The molecule has 0 aromatic rings. The van der Waals surface area contributed by atoms with Crippen molar-refractivity contribution in [2.24, 2.45) is 11.8 Å². The maximum Gasteiger partial charge on any atom is 0.306 e. The topological polar surface area (TPSA) is 69.6 Å². The van der Waals surface area contributed by atoms with Crippen LogP contribution < -0.4 is 5.32 Å². The monoisotopic (exact) mass is 282 g/mol. The van der Waals surface area contributed by atoms with Gasteiger partial charge in [-0.1, -0.05) is 0 Å². The van der Waals surface area contributed by atoms with Crippen LogP contribution in [0.5, 0.6) is 0 Å². The molecule has 0 radical (unpaired) electrons. The van der Waals surface area contributed by atoms with E-state index < -0.39 is 5.97 Å². The average Bonchev–Trinajstić information content (AvgIpc) is 3.25. The fraction of sp³-hybridized carbons (Fsp3) is 0.867. The lowest BCUT2D eigenvalue weighted by molar-refractivity contribution is -0.143. The molecule has 0 aromatic carbocycles. The van der Waals surface area contributed by atoms with Gasteiger partial charge in [-0.3, -0.25) is 9.59 Å². The number of carboxylic acids is 1. The SMILES string of the molecule is CCN(C(=O)CNCC1CCC(C(=O)O)CC1)C1CC1. The second-order valence-electron chi connectivity index (χ2n) is 6.10. The number of nitrogens with one attached hydrogen (secondary N) is 1. The van der Waals surface area contributed by atoms with Crippen LogP contribution in [0.25, 0.3) is 0 Å². The largest absolute Gasteiger partial charge is 0.481 e. The van der Waals surface area contributed by atoms with Gasteiger partial charge in [0.1, 0.15) is 0 Å². The van der Waals surface area contributed by atoms with Gasteiger partial charge in [-0.25, -0.2) is 0 Å². The molecule has 0 aromatic heterocycles. The molecule has 0 aliphatic heterocycles. The molecule has 2 aliphatic carbocycles. The summed E-state index contributed by atoms with van der Waals surface area (Å²) in [6, 6.07) is 0.486. The zero-order valence-corrected chi connectivity index (χ0v) is 12.3. The van der Waals surface area contributed by atoms with E-state index in [1.165, 1.54) is 0 Å². The minimum Gasteiger partial charge on any atom is -0.481 e. The molecule has 0 bridgehead atoms. The van der Waals surface area contributed by atoms with E-state index in [0.29, 0.717) is 18.5 Å². The van der Waals surface area contributed by atoms with E-state index in [9.17, 15) is 9.59 Å². The maximum absolute atomic E-state index is 12.0. The summed E-state index contributed by atoms with van der Waals surface area (Å²) in [6.45, 7) is 4.09. The van der Waals surface area contributed by atoms with Gasteiger partial charge in [-0.2, -0.15) is 0 Å². The van der Waals surface area contributed by atoms with E-state index in [0.717, 1.165) is 51.6 Å². The number of carbonyl (C=O) groups is 2. The highest BCUT2D eigenvalue weighted by Gasteiger charge is 2.31. The van der Waals surface area contributed by atoms with Gasteiger partial charge in [0, 0.05) is 12.6 Å². The smallest absolute Gasteiger partial charge is 0.306 e. The van der Waals surface area contributed by atoms with Gasteiger partial charge in [0.2, 0.25) is 5.91 Å². The van der Waals surface area contributed by atoms with Crippen molar-refractivity contribution in [2.75, 3.05) is 19.6 Å². The van der Waals surface area contributed by atoms with Crippen molar-refractivity contribution in [1.82, 2.24) is 10.2 Å². The van der Waals surface area contributed by atoms with Gasteiger partial charge >= 0.3 is 5.97 Å². The van der Waals surface area contributed by atoms with Crippen LogP contribution >= 0.6 is 0 Å². The molecule has 2 saturated carbocycles. The van der Waals surface area contributed by atoms with Crippen LogP contribution in [0.4, 0.5) is 0 Å². The number of hydrogen-bond donors (Lipinski definition) is 2. The van der Waals surface area contributed by atoms with Crippen molar-refractivity contribution in [1.29, 1.82) is 0 Å². The third-order valence-electron chi connectivity index (χ3n) is 4.55. The van der Waals surface area contributed by atoms with Gasteiger partial charge in [0.05, 0.1) is 12.5 Å². The lowest BCUT2D eigenvalue weighted by Crippen LogP contribution is -2.41. The summed E-state index contributed by atoms with van der Waals surface area (Å²) in [5.41, 5.74) is 0. The Hall–Kier alpha value is -1.10. The third kappa shape index (κ3) is 4.20. The van der Waals surface area contributed by atoms with Crippen LogP contribution in [0, 0.1) is 11.8 Å². The Bertz CT molecular complexity index is 347. The fourth-order valence-electron chi connectivity index (χ4n) is 3.12. The van der Waals surface area contributed by atoms with Gasteiger partial charge < -0.3 is 15.3 Å². The molecule has 1 amide bonds. The first kappa shape index (κ1) is 15.3. The Kier molecular flexibility index (Phi) is 5.40. The Morgan fingerprint density at radius 2 is 1.80 bits per heavy atom. The molecule has 2 aliphatic rings. The van der Waals surface area contributed by atoms with E-state index in [1.807, 2.05) is 11.8 Å². The highest BCUT2D eigenvalue weighted by molar-refractivity contribution is 5.78. The van der Waals surface area contributed by atoms with Crippen molar-refractivity contribution in [3.8, 4) is 0 Å². The highest BCUT2D eigenvalue weighted by atomic mass is 16.4. The van der Waals surface area contributed by atoms with Crippen LogP contribution in [0.2, 0.25) is 0 Å². The second-order valence-corrected chi connectivity index (χ2v) is 6.10. The molecule has 5 nitrogen and oxygen atoms in total. The lowest BCUT2D eigenvalue weighted by atomic mass is 9.82. The van der Waals surface area contributed by atoms with E-state index in [-0.39, 0.29) is 11.8 Å². The predicted octanol–water partition coefficient (Wildman–Crippen LogP) is 1.48. The molecule has 0 spiro atoms. The quantitative estimate of drug-likeness (QED) is 0.742. The minimum absolute atomic E-state index is 0.154. The standard InChI is InChI=1S/C15H26N2O3/c1-2-17(13-7-8-13)14(18)10-16-9-11-3-5-12(6-4-11)15(19)20/h11-13,16H,2-10H2,1H3,(H,19,20). The highest BCUT2D eigenvalue weighted by Crippen LogP contribution is 2.28. The Balaban J connectivity index is 1.61. The Morgan fingerprint density at radius 1 is 1.15 bits per heavy atom. The molecular weight excluding hydrogens is 256 g/mol. The molecule has 20 heavy (non-hydrogen) atoms. The number of rotatable bonds is 7. The zero-order chi connectivity index (χ0) is 14.5. The zero-order valence-electron chi connectivity index (χ0n) is 12.3. The van der Waals surface area contributed by atoms with Crippen molar-refractivity contribution in [3.05, 3.63) is 0 Å². The van der Waals surface area contributed by atoms with Crippen LogP contribution in [-0.2, 0) is 9.59 Å². The summed E-state index contributed by atoms with van der Waals surface area (Å²) in [4.78, 5) is 24.9. The number of aliphatic carboxylic acids is 1.